The van der Waals surface area contributed by atoms with Gasteiger partial charge in [0.25, 0.3) is 11.4 Å². The molecule has 3 rings (SSSR count). The highest BCUT2D eigenvalue weighted by atomic mass is 16.6. The van der Waals surface area contributed by atoms with Gasteiger partial charge in [0, 0.05) is 52.1 Å². The molecule has 0 saturated heterocycles. The number of rotatable bonds is 10. The van der Waals surface area contributed by atoms with Crippen LogP contribution in [0.25, 0.3) is 21.8 Å². The second-order valence-electron chi connectivity index (χ2n) is 7.69. The molecule has 0 amide bonds. The highest BCUT2D eigenvalue weighted by Crippen LogP contribution is 2.37. The van der Waals surface area contributed by atoms with Crippen LogP contribution in [-0.2, 0) is 0 Å². The highest BCUT2D eigenvalue weighted by molar-refractivity contribution is 6.09. The molecule has 1 unspecified atom stereocenters. The van der Waals surface area contributed by atoms with Crippen LogP contribution in [0, 0.1) is 20.2 Å². The van der Waals surface area contributed by atoms with Gasteiger partial charge in [0.2, 0.25) is 0 Å². The third-order valence-electron chi connectivity index (χ3n) is 5.61. The number of non-ortho nitro benzene ring substituents is 2. The minimum atomic E-state index is -0.431. The van der Waals surface area contributed by atoms with Gasteiger partial charge in [-0.3, -0.25) is 20.2 Å². The van der Waals surface area contributed by atoms with Crippen LogP contribution in [0.15, 0.2) is 36.4 Å². The molecule has 0 aliphatic carbocycles. The third-order valence-corrected chi connectivity index (χ3v) is 5.61. The van der Waals surface area contributed by atoms with Gasteiger partial charge in [-0.05, 0) is 25.5 Å². The molecule has 0 radical (unpaired) electrons. The molecular formula is C22H27N3O4. The molecule has 29 heavy (non-hydrogen) atoms. The van der Waals surface area contributed by atoms with Crippen LogP contribution >= 0.6 is 0 Å². The molecular weight excluding hydrogens is 370 g/mol. The summed E-state index contributed by atoms with van der Waals surface area (Å²) in [6.07, 6.45) is 8.33. The van der Waals surface area contributed by atoms with Crippen LogP contribution < -0.4 is 0 Å². The van der Waals surface area contributed by atoms with E-state index in [0.29, 0.717) is 10.8 Å². The second-order valence-corrected chi connectivity index (χ2v) is 7.69. The number of unbranched alkanes of at least 4 members (excludes halogenated alkanes) is 5. The van der Waals surface area contributed by atoms with Crippen LogP contribution in [0.5, 0.6) is 0 Å². The second kappa shape index (κ2) is 9.03. The average Bonchev–Trinajstić information content (AvgIpc) is 3.03. The van der Waals surface area contributed by atoms with E-state index >= 15 is 0 Å². The van der Waals surface area contributed by atoms with Crippen LogP contribution in [0.4, 0.5) is 11.4 Å². The summed E-state index contributed by atoms with van der Waals surface area (Å²) in [7, 11) is 0. The summed E-state index contributed by atoms with van der Waals surface area (Å²) in [4.78, 5) is 21.6. The van der Waals surface area contributed by atoms with Gasteiger partial charge in [0.1, 0.15) is 0 Å². The largest absolute Gasteiger partial charge is 0.338 e. The van der Waals surface area contributed by atoms with E-state index in [0.717, 1.165) is 23.9 Å². The van der Waals surface area contributed by atoms with Gasteiger partial charge in [0.15, 0.2) is 0 Å². The maximum Gasteiger partial charge on any atom is 0.270 e. The summed E-state index contributed by atoms with van der Waals surface area (Å²) in [5.41, 5.74) is 1.74. The summed E-state index contributed by atoms with van der Waals surface area (Å²) in [6.45, 7) is 4.35. The predicted octanol–water partition coefficient (Wildman–Crippen LogP) is 6.92. The number of nitrogens with zero attached hydrogens (tertiary/aromatic N) is 3. The predicted molar refractivity (Wildman–Crippen MR) is 115 cm³/mol. The van der Waals surface area contributed by atoms with Gasteiger partial charge in [-0.2, -0.15) is 0 Å². The van der Waals surface area contributed by atoms with E-state index in [1.807, 2.05) is 0 Å². The lowest BCUT2D eigenvalue weighted by molar-refractivity contribution is -0.385. The van der Waals surface area contributed by atoms with Gasteiger partial charge in [0.05, 0.1) is 9.85 Å². The molecule has 0 saturated carbocycles. The Bertz CT molecular complexity index is 970. The first-order valence-corrected chi connectivity index (χ1v) is 10.3. The minimum absolute atomic E-state index is 0.00775. The number of benzene rings is 2. The van der Waals surface area contributed by atoms with Crippen molar-refractivity contribution in [2.24, 2.45) is 0 Å². The fourth-order valence-corrected chi connectivity index (χ4v) is 4.08. The molecule has 0 aliphatic heterocycles. The van der Waals surface area contributed by atoms with Gasteiger partial charge >= 0.3 is 0 Å². The zero-order valence-electron chi connectivity index (χ0n) is 17.0. The summed E-state index contributed by atoms with van der Waals surface area (Å²) in [5, 5.41) is 23.8. The standard InChI is InChI=1S/C22H27N3O4/c1-3-4-5-6-7-8-9-16(2)23-21-12-10-17(24(26)27)14-19(21)20-15-18(25(28)29)11-13-22(20)23/h10-16H,3-9H2,1-2H3. The highest BCUT2D eigenvalue weighted by Gasteiger charge is 2.20. The van der Waals surface area contributed by atoms with Crippen molar-refractivity contribution in [1.82, 2.24) is 4.57 Å². The molecule has 2 aromatic carbocycles. The Kier molecular flexibility index (Phi) is 6.46. The third kappa shape index (κ3) is 4.39. The van der Waals surface area contributed by atoms with E-state index in [1.165, 1.54) is 56.4 Å². The smallest absolute Gasteiger partial charge is 0.270 e. The van der Waals surface area contributed by atoms with E-state index in [2.05, 4.69) is 18.4 Å². The SMILES string of the molecule is CCCCCCCCC(C)n1c2ccc([N+](=O)[O-])cc2c2cc([N+](=O)[O-])ccc21. The van der Waals surface area contributed by atoms with Gasteiger partial charge < -0.3 is 4.57 Å². The van der Waals surface area contributed by atoms with Crippen molar-refractivity contribution < 1.29 is 9.85 Å². The van der Waals surface area contributed by atoms with Gasteiger partial charge in [-0.15, -0.1) is 0 Å². The lowest BCUT2D eigenvalue weighted by atomic mass is 10.1. The summed E-state index contributed by atoms with van der Waals surface area (Å²) < 4.78 is 2.17. The number of hydrogen-bond donors (Lipinski definition) is 0. The van der Waals surface area contributed by atoms with E-state index < -0.39 is 9.85 Å². The molecule has 1 atom stereocenters. The molecule has 7 heteroatoms. The number of nitro benzene ring substituents is 2. The van der Waals surface area contributed by atoms with E-state index in [4.69, 9.17) is 0 Å². The molecule has 0 N–H and O–H groups in total. The molecule has 3 aromatic rings. The zero-order chi connectivity index (χ0) is 21.0. The molecule has 1 aromatic heterocycles. The zero-order valence-corrected chi connectivity index (χ0v) is 17.0. The maximum atomic E-state index is 11.2. The summed E-state index contributed by atoms with van der Waals surface area (Å²) in [6, 6.07) is 9.77. The Labute approximate surface area is 169 Å². The normalized spacial score (nSPS) is 12.5. The first-order valence-electron chi connectivity index (χ1n) is 10.3. The van der Waals surface area contributed by atoms with Crippen molar-refractivity contribution in [3.8, 4) is 0 Å². The lowest BCUT2D eigenvalue weighted by Crippen LogP contribution is -2.05. The molecule has 1 heterocycles. The lowest BCUT2D eigenvalue weighted by Gasteiger charge is -2.17. The van der Waals surface area contributed by atoms with E-state index in [9.17, 15) is 20.2 Å². The fourth-order valence-electron chi connectivity index (χ4n) is 4.08. The molecule has 7 nitrogen and oxygen atoms in total. The molecule has 0 fully saturated rings. The summed E-state index contributed by atoms with van der Waals surface area (Å²) in [5.74, 6) is 0. The summed E-state index contributed by atoms with van der Waals surface area (Å²) >= 11 is 0. The Morgan fingerprint density at radius 1 is 0.828 bits per heavy atom. The Balaban J connectivity index is 1.98. The van der Waals surface area contributed by atoms with Crippen molar-refractivity contribution >= 4 is 33.2 Å². The van der Waals surface area contributed by atoms with Crippen molar-refractivity contribution in [1.29, 1.82) is 0 Å². The monoisotopic (exact) mass is 397 g/mol. The first kappa shape index (κ1) is 20.8. The quantitative estimate of drug-likeness (QED) is 0.211. The topological polar surface area (TPSA) is 91.2 Å². The maximum absolute atomic E-state index is 11.2. The van der Waals surface area contributed by atoms with Crippen LogP contribution in [0.3, 0.4) is 0 Å². The van der Waals surface area contributed by atoms with Crippen molar-refractivity contribution in [2.75, 3.05) is 0 Å². The van der Waals surface area contributed by atoms with Crippen molar-refractivity contribution in [3.05, 3.63) is 56.6 Å². The Morgan fingerprint density at radius 3 is 1.79 bits per heavy atom. The van der Waals surface area contributed by atoms with Crippen molar-refractivity contribution in [2.45, 2.75) is 64.8 Å². The van der Waals surface area contributed by atoms with Crippen LogP contribution in [0.2, 0.25) is 0 Å². The van der Waals surface area contributed by atoms with E-state index in [1.54, 1.807) is 12.1 Å². The number of aromatic nitrogens is 1. The first-order chi connectivity index (χ1) is 13.9. The number of nitro groups is 2. The van der Waals surface area contributed by atoms with E-state index in [-0.39, 0.29) is 17.4 Å². The Morgan fingerprint density at radius 2 is 1.31 bits per heavy atom. The fraction of sp³-hybridized carbons (Fsp3) is 0.455. The molecule has 154 valence electrons. The number of hydrogen-bond acceptors (Lipinski definition) is 4. The van der Waals surface area contributed by atoms with Crippen LogP contribution in [0.1, 0.15) is 64.8 Å². The average molecular weight is 397 g/mol. The molecule has 0 aliphatic rings. The van der Waals surface area contributed by atoms with Gasteiger partial charge in [-0.1, -0.05) is 45.4 Å². The van der Waals surface area contributed by atoms with Crippen LogP contribution in [-0.4, -0.2) is 14.4 Å². The Hall–Kier alpha value is -2.96. The molecule has 0 spiro atoms. The minimum Gasteiger partial charge on any atom is -0.338 e. The number of fused-ring (bicyclic) bond motifs is 3. The van der Waals surface area contributed by atoms with Gasteiger partial charge in [-0.25, -0.2) is 0 Å². The van der Waals surface area contributed by atoms with Crippen molar-refractivity contribution in [3.63, 3.8) is 0 Å². The molecule has 0 bridgehead atoms.